The minimum Gasteiger partial charge on any atom is -0.497 e. The third kappa shape index (κ3) is 4.37. The van der Waals surface area contributed by atoms with E-state index in [0.29, 0.717) is 17.4 Å². The van der Waals surface area contributed by atoms with Crippen molar-refractivity contribution < 1.29 is 23.8 Å². The molecule has 1 fully saturated rings. The average molecular weight is 321 g/mol. The number of amides is 1. The van der Waals surface area contributed by atoms with Crippen LogP contribution in [0.4, 0.5) is 0 Å². The number of carbonyl (C=O) groups excluding carboxylic acids is 2. The van der Waals surface area contributed by atoms with Crippen molar-refractivity contribution in [2.24, 2.45) is 5.92 Å². The van der Waals surface area contributed by atoms with E-state index in [4.69, 9.17) is 14.2 Å². The van der Waals surface area contributed by atoms with Crippen LogP contribution in [-0.4, -0.2) is 50.7 Å². The van der Waals surface area contributed by atoms with Crippen LogP contribution in [0.2, 0.25) is 0 Å². The van der Waals surface area contributed by atoms with Crippen molar-refractivity contribution in [2.45, 2.75) is 19.8 Å². The normalized spacial score (nSPS) is 17.5. The van der Waals surface area contributed by atoms with Gasteiger partial charge in [-0.2, -0.15) is 0 Å². The number of hydrogen-bond acceptors (Lipinski definition) is 5. The van der Waals surface area contributed by atoms with Crippen molar-refractivity contribution >= 4 is 11.9 Å². The minimum absolute atomic E-state index is 0.155. The predicted molar refractivity (Wildman–Crippen MR) is 84.8 cm³/mol. The van der Waals surface area contributed by atoms with Crippen molar-refractivity contribution in [3.8, 4) is 11.5 Å². The second kappa shape index (κ2) is 7.85. The summed E-state index contributed by atoms with van der Waals surface area (Å²) in [6.45, 7) is 3.32. The van der Waals surface area contributed by atoms with Crippen molar-refractivity contribution in [2.75, 3.05) is 33.9 Å². The Kier molecular flexibility index (Phi) is 5.84. The van der Waals surface area contributed by atoms with Gasteiger partial charge in [0.15, 0.2) is 6.61 Å². The van der Waals surface area contributed by atoms with Crippen molar-refractivity contribution in [1.82, 2.24) is 4.90 Å². The molecule has 126 valence electrons. The Morgan fingerprint density at radius 2 is 2.04 bits per heavy atom. The molecule has 0 bridgehead atoms. The molecule has 1 heterocycles. The quantitative estimate of drug-likeness (QED) is 0.777. The highest BCUT2D eigenvalue weighted by Gasteiger charge is 2.23. The maximum absolute atomic E-state index is 12.2. The van der Waals surface area contributed by atoms with Gasteiger partial charge in [-0.3, -0.25) is 4.79 Å². The highest BCUT2D eigenvalue weighted by molar-refractivity contribution is 5.94. The molecule has 0 saturated carbocycles. The first-order valence-electron chi connectivity index (χ1n) is 7.72. The van der Waals surface area contributed by atoms with Gasteiger partial charge in [-0.15, -0.1) is 0 Å². The third-order valence-electron chi connectivity index (χ3n) is 3.97. The minimum atomic E-state index is -0.581. The summed E-state index contributed by atoms with van der Waals surface area (Å²) in [4.78, 5) is 26.1. The smallest absolute Gasteiger partial charge is 0.342 e. The molecule has 1 aliphatic heterocycles. The number of nitrogens with zero attached hydrogens (tertiary/aromatic N) is 1. The Morgan fingerprint density at radius 1 is 1.26 bits per heavy atom. The summed E-state index contributed by atoms with van der Waals surface area (Å²) in [6, 6.07) is 4.81. The average Bonchev–Trinajstić information content (AvgIpc) is 2.58. The van der Waals surface area contributed by atoms with Gasteiger partial charge in [-0.05, 0) is 30.9 Å². The van der Waals surface area contributed by atoms with Gasteiger partial charge >= 0.3 is 5.97 Å². The molecule has 0 aromatic heterocycles. The first kappa shape index (κ1) is 17.1. The van der Waals surface area contributed by atoms with Crippen molar-refractivity contribution in [3.63, 3.8) is 0 Å². The molecule has 2 rings (SSSR count). The van der Waals surface area contributed by atoms with Crippen LogP contribution in [0, 0.1) is 5.92 Å². The van der Waals surface area contributed by atoms with E-state index in [-0.39, 0.29) is 18.1 Å². The fraction of sp³-hybridized carbons (Fsp3) is 0.529. The molecule has 1 aromatic rings. The van der Waals surface area contributed by atoms with E-state index in [2.05, 4.69) is 6.92 Å². The third-order valence-corrected chi connectivity index (χ3v) is 3.97. The lowest BCUT2D eigenvalue weighted by Crippen LogP contribution is -2.41. The Labute approximate surface area is 136 Å². The largest absolute Gasteiger partial charge is 0.497 e. The Hall–Kier alpha value is -2.24. The van der Waals surface area contributed by atoms with Crippen LogP contribution in [0.5, 0.6) is 11.5 Å². The maximum Gasteiger partial charge on any atom is 0.342 e. The monoisotopic (exact) mass is 321 g/mol. The van der Waals surface area contributed by atoms with Crippen LogP contribution in [0.15, 0.2) is 18.2 Å². The number of benzene rings is 1. The summed E-state index contributed by atoms with van der Waals surface area (Å²) in [5.74, 6) is 0.690. The van der Waals surface area contributed by atoms with E-state index >= 15 is 0 Å². The molecule has 6 nitrogen and oxygen atoms in total. The number of likely N-dealkylation sites (tertiary alicyclic amines) is 1. The second-order valence-corrected chi connectivity index (χ2v) is 5.73. The lowest BCUT2D eigenvalue weighted by atomic mass is 10.0. The Balaban J connectivity index is 1.95. The van der Waals surface area contributed by atoms with E-state index in [1.54, 1.807) is 23.1 Å². The first-order valence-corrected chi connectivity index (χ1v) is 7.72. The molecule has 1 saturated heterocycles. The summed E-state index contributed by atoms with van der Waals surface area (Å²) in [5.41, 5.74) is 0.271. The molecule has 0 spiro atoms. The van der Waals surface area contributed by atoms with Crippen LogP contribution in [0.1, 0.15) is 30.1 Å². The molecule has 6 heteroatoms. The van der Waals surface area contributed by atoms with E-state index in [1.165, 1.54) is 14.2 Å². The number of rotatable bonds is 5. The summed E-state index contributed by atoms with van der Waals surface area (Å²) < 4.78 is 15.4. The lowest BCUT2D eigenvalue weighted by molar-refractivity contribution is -0.136. The molecule has 23 heavy (non-hydrogen) atoms. The first-order chi connectivity index (χ1) is 11.0. The van der Waals surface area contributed by atoms with Crippen molar-refractivity contribution in [3.05, 3.63) is 23.8 Å². The molecule has 0 aliphatic carbocycles. The zero-order valence-electron chi connectivity index (χ0n) is 13.8. The maximum atomic E-state index is 12.2. The van der Waals surface area contributed by atoms with Crippen molar-refractivity contribution in [1.29, 1.82) is 0 Å². The molecule has 1 aliphatic rings. The fourth-order valence-electron chi connectivity index (χ4n) is 2.68. The standard InChI is InChI=1S/C17H23NO5/c1-12-5-4-8-18(10-12)16(19)11-23-17(20)14-7-6-13(21-2)9-15(14)22-3/h6-7,9,12H,4-5,8,10-11H2,1-3H3. The molecule has 1 unspecified atom stereocenters. The van der Waals surface area contributed by atoms with Crippen LogP contribution in [-0.2, 0) is 9.53 Å². The van der Waals surface area contributed by atoms with Gasteiger partial charge in [0.05, 0.1) is 14.2 Å². The molecular weight excluding hydrogens is 298 g/mol. The summed E-state index contributed by atoms with van der Waals surface area (Å²) >= 11 is 0. The van der Waals surface area contributed by atoms with Gasteiger partial charge in [0, 0.05) is 19.2 Å². The number of esters is 1. The van der Waals surface area contributed by atoms with E-state index in [0.717, 1.165) is 25.9 Å². The van der Waals surface area contributed by atoms with Crippen LogP contribution < -0.4 is 9.47 Å². The highest BCUT2D eigenvalue weighted by atomic mass is 16.5. The summed E-state index contributed by atoms with van der Waals surface area (Å²) in [6.07, 6.45) is 2.12. The van der Waals surface area contributed by atoms with Crippen LogP contribution >= 0.6 is 0 Å². The molecule has 1 amide bonds. The van der Waals surface area contributed by atoms with Crippen LogP contribution in [0.3, 0.4) is 0 Å². The van der Waals surface area contributed by atoms with Gasteiger partial charge in [0.1, 0.15) is 17.1 Å². The highest BCUT2D eigenvalue weighted by Crippen LogP contribution is 2.25. The zero-order valence-corrected chi connectivity index (χ0v) is 13.8. The molecule has 0 N–H and O–H groups in total. The molecule has 1 aromatic carbocycles. The van der Waals surface area contributed by atoms with Gasteiger partial charge < -0.3 is 19.1 Å². The molecule has 1 atom stereocenters. The number of carbonyl (C=O) groups is 2. The van der Waals surface area contributed by atoms with Crippen LogP contribution in [0.25, 0.3) is 0 Å². The molecular formula is C17H23NO5. The van der Waals surface area contributed by atoms with Gasteiger partial charge in [-0.25, -0.2) is 4.79 Å². The predicted octanol–water partition coefficient (Wildman–Crippen LogP) is 2.12. The fourth-order valence-corrected chi connectivity index (χ4v) is 2.68. The molecule has 0 radical (unpaired) electrons. The summed E-state index contributed by atoms with van der Waals surface area (Å²) in [5, 5.41) is 0. The van der Waals surface area contributed by atoms with Gasteiger partial charge in [0.25, 0.3) is 5.91 Å². The topological polar surface area (TPSA) is 65.1 Å². The van der Waals surface area contributed by atoms with E-state index < -0.39 is 5.97 Å². The Bertz CT molecular complexity index is 572. The number of piperidine rings is 1. The number of hydrogen-bond donors (Lipinski definition) is 0. The number of ether oxygens (including phenoxy) is 3. The van der Waals surface area contributed by atoms with E-state index in [1.807, 2.05) is 0 Å². The van der Waals surface area contributed by atoms with Gasteiger partial charge in [0.2, 0.25) is 0 Å². The lowest BCUT2D eigenvalue weighted by Gasteiger charge is -2.30. The Morgan fingerprint density at radius 3 is 2.70 bits per heavy atom. The SMILES string of the molecule is COc1ccc(C(=O)OCC(=O)N2CCCC(C)C2)c(OC)c1. The second-order valence-electron chi connectivity index (χ2n) is 5.73. The van der Waals surface area contributed by atoms with E-state index in [9.17, 15) is 9.59 Å². The van der Waals surface area contributed by atoms with Gasteiger partial charge in [-0.1, -0.05) is 6.92 Å². The summed E-state index contributed by atoms with van der Waals surface area (Å²) in [7, 11) is 3.00. The zero-order chi connectivity index (χ0) is 16.8. The number of methoxy groups -OCH3 is 2.